The molecular formula is C45H49N5O7. The minimum Gasteiger partial charge on any atom is -0.481 e. The number of nitrogens with zero attached hydrogens (tertiary/aromatic N) is 2. The molecule has 0 saturated heterocycles. The summed E-state index contributed by atoms with van der Waals surface area (Å²) < 4.78 is 21.3. The van der Waals surface area contributed by atoms with Crippen LogP contribution in [0.5, 0.6) is 23.0 Å². The number of aliphatic carboxylic acids is 1. The number of allylic oxidation sites excluding steroid dienone is 1. The predicted octanol–water partition coefficient (Wildman–Crippen LogP) is 8.44. The van der Waals surface area contributed by atoms with Crippen LogP contribution in [-0.2, 0) is 32.3 Å². The highest BCUT2D eigenvalue weighted by atomic mass is 16.7. The molecule has 0 bridgehead atoms. The third-order valence-electron chi connectivity index (χ3n) is 11.5. The summed E-state index contributed by atoms with van der Waals surface area (Å²) in [6.07, 6.45) is 9.91. The summed E-state index contributed by atoms with van der Waals surface area (Å²) in [4.78, 5) is 36.1. The molecule has 0 spiro atoms. The molecule has 0 radical (unpaired) electrons. The monoisotopic (exact) mass is 771 g/mol. The third kappa shape index (κ3) is 7.48. The Labute approximate surface area is 331 Å². The number of carboxylic acids is 1. The zero-order valence-electron chi connectivity index (χ0n) is 33.2. The second-order valence-electron chi connectivity index (χ2n) is 17.6. The van der Waals surface area contributed by atoms with Gasteiger partial charge in [-0.3, -0.25) is 9.59 Å². The number of nitrogens with one attached hydrogen (secondary N) is 2. The van der Waals surface area contributed by atoms with E-state index in [1.54, 1.807) is 18.3 Å². The van der Waals surface area contributed by atoms with Gasteiger partial charge in [0, 0.05) is 22.7 Å². The number of nitrogen functional groups attached to an aromatic ring is 1. The molecule has 0 unspecified atom stereocenters. The highest BCUT2D eigenvalue weighted by Gasteiger charge is 2.53. The van der Waals surface area contributed by atoms with Crippen molar-refractivity contribution in [1.82, 2.24) is 15.0 Å². The first-order valence-electron chi connectivity index (χ1n) is 19.3. The van der Waals surface area contributed by atoms with E-state index in [2.05, 4.69) is 74.0 Å². The van der Waals surface area contributed by atoms with Gasteiger partial charge in [0.15, 0.2) is 23.0 Å². The van der Waals surface area contributed by atoms with Crippen molar-refractivity contribution in [2.75, 3.05) is 24.6 Å². The molecule has 2 saturated carbocycles. The molecule has 296 valence electrons. The number of carboxylic acid groups (broad SMARTS) is 1. The van der Waals surface area contributed by atoms with E-state index < -0.39 is 16.8 Å². The number of anilines is 2. The van der Waals surface area contributed by atoms with Gasteiger partial charge in [-0.25, -0.2) is 9.97 Å². The quantitative estimate of drug-likeness (QED) is 0.136. The van der Waals surface area contributed by atoms with Crippen LogP contribution in [0.3, 0.4) is 0 Å². The van der Waals surface area contributed by atoms with E-state index in [9.17, 15) is 9.59 Å². The van der Waals surface area contributed by atoms with Crippen LogP contribution < -0.4 is 30.0 Å². The van der Waals surface area contributed by atoms with Crippen molar-refractivity contribution in [2.24, 2.45) is 5.41 Å². The van der Waals surface area contributed by atoms with Crippen LogP contribution in [0, 0.1) is 5.41 Å². The fourth-order valence-electron chi connectivity index (χ4n) is 7.38. The van der Waals surface area contributed by atoms with Crippen LogP contribution in [0.4, 0.5) is 11.6 Å². The molecule has 12 nitrogen and oxygen atoms in total. The van der Waals surface area contributed by atoms with Crippen molar-refractivity contribution < 1.29 is 33.6 Å². The number of benzene rings is 2. The summed E-state index contributed by atoms with van der Waals surface area (Å²) in [6.45, 7) is 13.7. The van der Waals surface area contributed by atoms with Gasteiger partial charge in [-0.2, -0.15) is 0 Å². The first-order chi connectivity index (χ1) is 27.0. The standard InChI is InChI=1S/C23H24N2O3.C11H15N3.C11H10O4/c1-22(2,3)17-8-14-10-20(24-12-15(14)9-17)25-21(26)23(6-7-23)16-4-5-18-19(11-16)28-13-27-18;1-11(2,3)9-4-7-5-10(12)13-6-8(7)14-9;12-10(13)11(3-4-11)7-1-2-8-9(5-7)15-6-14-8/h4-5,8,10-12H,6-7,9,13H2,1-3H3,(H,24,25,26);4-6,14H,1-3H3,(H2,12,13);1-2,5H,3-4,6H2,(H,12,13). The Morgan fingerprint density at radius 1 is 0.754 bits per heavy atom. The summed E-state index contributed by atoms with van der Waals surface area (Å²) >= 11 is 0. The Bertz CT molecular complexity index is 2430. The van der Waals surface area contributed by atoms with Gasteiger partial charge >= 0.3 is 5.97 Å². The zero-order chi connectivity index (χ0) is 40.3. The summed E-state index contributed by atoms with van der Waals surface area (Å²) in [7, 11) is 0. The number of ether oxygens (including phenoxy) is 4. The Kier molecular flexibility index (Phi) is 9.21. The second-order valence-corrected chi connectivity index (χ2v) is 17.6. The number of amides is 1. The molecule has 10 rings (SSSR count). The fraction of sp³-hybridized carbons (Fsp3) is 0.378. The topological polar surface area (TPSA) is 171 Å². The van der Waals surface area contributed by atoms with Crippen molar-refractivity contribution in [3.8, 4) is 23.0 Å². The van der Waals surface area contributed by atoms with Crippen LogP contribution in [0.15, 0.2) is 72.6 Å². The molecule has 12 heteroatoms. The van der Waals surface area contributed by atoms with E-state index >= 15 is 0 Å². The SMILES string of the molecule is CC(C)(C)C1=Cc2cc(NC(=O)C3(c4ccc5c(c4)OCO5)CC3)ncc2C1.CC(C)(C)c1cc2cc(N)ncc2[nH]1.O=C(O)C1(c2ccc3c(c2)OCO3)CC1. The average molecular weight is 772 g/mol. The Hall–Kier alpha value is -6.04. The summed E-state index contributed by atoms with van der Waals surface area (Å²) in [5.74, 6) is 3.23. The Balaban J connectivity index is 0.000000132. The lowest BCUT2D eigenvalue weighted by Crippen LogP contribution is -2.28. The third-order valence-corrected chi connectivity index (χ3v) is 11.5. The van der Waals surface area contributed by atoms with Crippen LogP contribution in [0.25, 0.3) is 17.0 Å². The summed E-state index contributed by atoms with van der Waals surface area (Å²) in [6, 6.07) is 17.2. The number of nitrogens with two attached hydrogens (primary N) is 1. The van der Waals surface area contributed by atoms with Crippen LogP contribution >= 0.6 is 0 Å². The molecule has 5 heterocycles. The van der Waals surface area contributed by atoms with Crippen molar-refractivity contribution in [3.05, 3.63) is 101 Å². The van der Waals surface area contributed by atoms with Crippen molar-refractivity contribution in [2.45, 2.75) is 89.9 Å². The predicted molar refractivity (Wildman–Crippen MR) is 218 cm³/mol. The molecule has 1 amide bonds. The Morgan fingerprint density at radius 2 is 1.35 bits per heavy atom. The van der Waals surface area contributed by atoms with Gasteiger partial charge in [0.1, 0.15) is 11.6 Å². The van der Waals surface area contributed by atoms with Gasteiger partial charge in [-0.15, -0.1) is 0 Å². The van der Waals surface area contributed by atoms with E-state index in [-0.39, 0.29) is 30.3 Å². The van der Waals surface area contributed by atoms with Gasteiger partial charge < -0.3 is 40.1 Å². The zero-order valence-corrected chi connectivity index (χ0v) is 33.2. The van der Waals surface area contributed by atoms with Gasteiger partial charge in [0.2, 0.25) is 19.5 Å². The molecular weight excluding hydrogens is 723 g/mol. The molecule has 3 aliphatic carbocycles. The fourth-order valence-corrected chi connectivity index (χ4v) is 7.38. The first kappa shape index (κ1) is 37.9. The number of aromatic nitrogens is 3. The number of hydrogen-bond donors (Lipinski definition) is 4. The number of hydrogen-bond acceptors (Lipinski definition) is 9. The highest BCUT2D eigenvalue weighted by molar-refractivity contribution is 6.01. The van der Waals surface area contributed by atoms with Crippen LogP contribution in [0.2, 0.25) is 0 Å². The molecule has 2 aliphatic heterocycles. The largest absolute Gasteiger partial charge is 0.481 e. The van der Waals surface area contributed by atoms with Crippen LogP contribution in [-0.4, -0.2) is 45.5 Å². The minimum absolute atomic E-state index is 0.00293. The molecule has 2 fully saturated rings. The smallest absolute Gasteiger partial charge is 0.314 e. The Morgan fingerprint density at radius 3 is 1.91 bits per heavy atom. The van der Waals surface area contributed by atoms with Crippen molar-refractivity contribution >= 4 is 40.5 Å². The highest BCUT2D eigenvalue weighted by Crippen LogP contribution is 2.52. The number of rotatable bonds is 5. The average Bonchev–Trinajstić information content (AvgIpc) is 3.86. The number of carbonyl (C=O) groups is 2. The first-order valence-corrected chi connectivity index (χ1v) is 19.3. The lowest BCUT2D eigenvalue weighted by atomic mass is 9.85. The minimum atomic E-state index is -0.749. The van der Waals surface area contributed by atoms with Gasteiger partial charge in [-0.1, -0.05) is 65.3 Å². The molecule has 2 aromatic carbocycles. The van der Waals surface area contributed by atoms with Gasteiger partial charge in [-0.05, 0) is 102 Å². The summed E-state index contributed by atoms with van der Waals surface area (Å²) in [5.41, 5.74) is 12.6. The maximum Gasteiger partial charge on any atom is 0.314 e. The molecule has 5 aromatic rings. The van der Waals surface area contributed by atoms with Crippen molar-refractivity contribution in [3.63, 3.8) is 0 Å². The van der Waals surface area contributed by atoms with Gasteiger partial charge in [0.25, 0.3) is 0 Å². The van der Waals surface area contributed by atoms with Gasteiger partial charge in [0.05, 0.1) is 22.5 Å². The van der Waals surface area contributed by atoms with E-state index in [0.29, 0.717) is 41.7 Å². The maximum absolute atomic E-state index is 13.1. The van der Waals surface area contributed by atoms with E-state index in [4.69, 9.17) is 29.8 Å². The number of fused-ring (bicyclic) bond motifs is 4. The van der Waals surface area contributed by atoms with E-state index in [1.165, 1.54) is 16.8 Å². The summed E-state index contributed by atoms with van der Waals surface area (Å²) in [5, 5.41) is 13.3. The number of pyridine rings is 2. The molecule has 3 aromatic heterocycles. The lowest BCUT2D eigenvalue weighted by Gasteiger charge is -2.19. The van der Waals surface area contributed by atoms with Crippen molar-refractivity contribution in [1.29, 1.82) is 0 Å². The molecule has 5 aliphatic rings. The molecule has 57 heavy (non-hydrogen) atoms. The molecule has 5 N–H and O–H groups in total. The number of H-pyrrole nitrogens is 1. The van der Waals surface area contributed by atoms with E-state index in [1.807, 2.05) is 42.6 Å². The molecule has 0 atom stereocenters. The second kappa shape index (κ2) is 13.9. The maximum atomic E-state index is 13.1. The normalized spacial score (nSPS) is 17.3. The number of aromatic amines is 1. The van der Waals surface area contributed by atoms with E-state index in [0.717, 1.165) is 52.6 Å². The van der Waals surface area contributed by atoms with Crippen LogP contribution in [0.1, 0.15) is 95.2 Å². The number of carbonyl (C=O) groups excluding carboxylic acids is 1. The lowest BCUT2D eigenvalue weighted by molar-refractivity contribution is -0.140.